The number of rotatable bonds is 3. The number of aromatic nitrogens is 1. The average molecular weight is 259 g/mol. The highest BCUT2D eigenvalue weighted by Crippen LogP contribution is 2.12. The van der Waals surface area contributed by atoms with E-state index < -0.39 is 0 Å². The third-order valence-electron chi connectivity index (χ3n) is 2.83. The summed E-state index contributed by atoms with van der Waals surface area (Å²) in [5, 5.41) is 2.76. The van der Waals surface area contributed by atoms with Crippen LogP contribution in [0.4, 0.5) is 5.69 Å². The molecule has 1 amide bonds. The molecule has 100 valence electrons. The Labute approximate surface area is 111 Å². The highest BCUT2D eigenvalue weighted by molar-refractivity contribution is 5.95. The molecule has 0 saturated carbocycles. The fourth-order valence-corrected chi connectivity index (χ4v) is 1.82. The van der Waals surface area contributed by atoms with Crippen LogP contribution in [-0.2, 0) is 6.54 Å². The summed E-state index contributed by atoms with van der Waals surface area (Å²) in [6.45, 7) is 5.87. The monoisotopic (exact) mass is 259 g/mol. The number of nitrogens with two attached hydrogens (primary N) is 1. The van der Waals surface area contributed by atoms with Gasteiger partial charge in [-0.05, 0) is 44.5 Å². The number of carbonyl (C=O) groups excluding carboxylic acids is 1. The maximum Gasteiger partial charge on any atom is 0.251 e. The minimum Gasteiger partial charge on any atom is -0.444 e. The Bertz CT molecular complexity index is 577. The molecule has 0 saturated heterocycles. The summed E-state index contributed by atoms with van der Waals surface area (Å²) in [6, 6.07) is 5.25. The van der Waals surface area contributed by atoms with Gasteiger partial charge in [-0.2, -0.15) is 0 Å². The number of carbonyl (C=O) groups is 1. The molecule has 2 aromatic rings. The van der Waals surface area contributed by atoms with E-state index in [1.807, 2.05) is 26.8 Å². The van der Waals surface area contributed by atoms with Gasteiger partial charge in [-0.15, -0.1) is 0 Å². The van der Waals surface area contributed by atoms with Gasteiger partial charge >= 0.3 is 0 Å². The van der Waals surface area contributed by atoms with E-state index in [1.54, 1.807) is 12.1 Å². The van der Waals surface area contributed by atoms with Crippen molar-refractivity contribution in [1.29, 1.82) is 0 Å². The Morgan fingerprint density at radius 1 is 1.32 bits per heavy atom. The van der Waals surface area contributed by atoms with Gasteiger partial charge in [-0.1, -0.05) is 0 Å². The lowest BCUT2D eigenvalue weighted by Gasteiger charge is -2.05. The van der Waals surface area contributed by atoms with Gasteiger partial charge in [0.2, 0.25) is 5.89 Å². The number of benzene rings is 1. The van der Waals surface area contributed by atoms with Crippen molar-refractivity contribution >= 4 is 11.6 Å². The summed E-state index contributed by atoms with van der Waals surface area (Å²) < 4.78 is 5.40. The van der Waals surface area contributed by atoms with Crippen molar-refractivity contribution in [3.05, 3.63) is 46.7 Å². The quantitative estimate of drug-likeness (QED) is 0.827. The van der Waals surface area contributed by atoms with E-state index >= 15 is 0 Å². The highest BCUT2D eigenvalue weighted by atomic mass is 16.4. The zero-order chi connectivity index (χ0) is 14.0. The molecule has 0 aliphatic rings. The highest BCUT2D eigenvalue weighted by Gasteiger charge is 2.10. The molecule has 5 heteroatoms. The van der Waals surface area contributed by atoms with Crippen LogP contribution in [0.15, 0.2) is 22.6 Å². The van der Waals surface area contributed by atoms with E-state index in [0.717, 1.165) is 17.0 Å². The topological polar surface area (TPSA) is 81.2 Å². The van der Waals surface area contributed by atoms with Gasteiger partial charge in [0.1, 0.15) is 5.76 Å². The summed E-state index contributed by atoms with van der Waals surface area (Å²) in [7, 11) is 0. The van der Waals surface area contributed by atoms with Gasteiger partial charge in [0, 0.05) is 11.3 Å². The van der Waals surface area contributed by atoms with Crippen LogP contribution in [0.1, 0.15) is 33.3 Å². The Kier molecular flexibility index (Phi) is 3.55. The molecule has 1 aromatic carbocycles. The molecule has 0 aliphatic carbocycles. The molecule has 19 heavy (non-hydrogen) atoms. The number of anilines is 1. The molecule has 0 bridgehead atoms. The van der Waals surface area contributed by atoms with Crippen LogP contribution in [0.3, 0.4) is 0 Å². The summed E-state index contributed by atoms with van der Waals surface area (Å²) in [5.41, 5.74) is 8.62. The molecule has 1 aromatic heterocycles. The van der Waals surface area contributed by atoms with Gasteiger partial charge in [0.25, 0.3) is 5.91 Å². The van der Waals surface area contributed by atoms with Crippen molar-refractivity contribution in [3.8, 4) is 0 Å². The summed E-state index contributed by atoms with van der Waals surface area (Å²) in [4.78, 5) is 16.2. The van der Waals surface area contributed by atoms with Crippen molar-refractivity contribution in [2.75, 3.05) is 5.73 Å². The van der Waals surface area contributed by atoms with E-state index in [1.165, 1.54) is 0 Å². The number of aryl methyl sites for hydroxylation is 3. The van der Waals surface area contributed by atoms with Gasteiger partial charge in [-0.25, -0.2) is 4.98 Å². The van der Waals surface area contributed by atoms with Crippen LogP contribution in [0, 0.1) is 20.8 Å². The molecule has 0 atom stereocenters. The first-order valence-corrected chi connectivity index (χ1v) is 6.04. The van der Waals surface area contributed by atoms with E-state index in [2.05, 4.69) is 10.3 Å². The van der Waals surface area contributed by atoms with Crippen LogP contribution in [-0.4, -0.2) is 10.9 Å². The van der Waals surface area contributed by atoms with Gasteiger partial charge in [0.05, 0.1) is 12.2 Å². The number of amides is 1. The molecule has 0 unspecified atom stereocenters. The molecule has 0 fully saturated rings. The zero-order valence-corrected chi connectivity index (χ0v) is 11.3. The molecule has 0 spiro atoms. The SMILES string of the molecule is Cc1cc(N)cc(C(=O)NCc2nc(C)c(C)o2)c1. The van der Waals surface area contributed by atoms with E-state index in [-0.39, 0.29) is 12.5 Å². The standard InChI is InChI=1S/C14H17N3O2/c1-8-4-11(6-12(15)5-8)14(18)16-7-13-17-9(2)10(3)19-13/h4-6H,7,15H2,1-3H3,(H,16,18). The average Bonchev–Trinajstić information content (AvgIpc) is 2.64. The summed E-state index contributed by atoms with van der Waals surface area (Å²) in [5.74, 6) is 1.08. The third kappa shape index (κ3) is 3.13. The zero-order valence-electron chi connectivity index (χ0n) is 11.3. The number of hydrogen-bond acceptors (Lipinski definition) is 4. The predicted octanol–water partition coefficient (Wildman–Crippen LogP) is 2.11. The summed E-state index contributed by atoms with van der Waals surface area (Å²) >= 11 is 0. The molecule has 2 rings (SSSR count). The normalized spacial score (nSPS) is 10.5. The first-order valence-electron chi connectivity index (χ1n) is 6.04. The van der Waals surface area contributed by atoms with Crippen LogP contribution >= 0.6 is 0 Å². The molecule has 5 nitrogen and oxygen atoms in total. The second kappa shape index (κ2) is 5.14. The molecular formula is C14H17N3O2. The number of oxazole rings is 1. The van der Waals surface area contributed by atoms with Crippen molar-refractivity contribution in [2.45, 2.75) is 27.3 Å². The first kappa shape index (κ1) is 13.1. The van der Waals surface area contributed by atoms with Crippen LogP contribution in [0.25, 0.3) is 0 Å². The third-order valence-corrected chi connectivity index (χ3v) is 2.83. The lowest BCUT2D eigenvalue weighted by molar-refractivity contribution is 0.0947. The van der Waals surface area contributed by atoms with Crippen molar-refractivity contribution in [1.82, 2.24) is 10.3 Å². The van der Waals surface area contributed by atoms with Crippen molar-refractivity contribution in [3.63, 3.8) is 0 Å². The Morgan fingerprint density at radius 3 is 2.63 bits per heavy atom. The van der Waals surface area contributed by atoms with Gasteiger partial charge < -0.3 is 15.5 Å². The Hall–Kier alpha value is -2.30. The Balaban J connectivity index is 2.05. The smallest absolute Gasteiger partial charge is 0.251 e. The molecule has 3 N–H and O–H groups in total. The molecule has 1 heterocycles. The molecular weight excluding hydrogens is 242 g/mol. The second-order valence-electron chi connectivity index (χ2n) is 4.56. The van der Waals surface area contributed by atoms with E-state index in [9.17, 15) is 4.79 Å². The fraction of sp³-hybridized carbons (Fsp3) is 0.286. The van der Waals surface area contributed by atoms with Crippen LogP contribution in [0.2, 0.25) is 0 Å². The van der Waals surface area contributed by atoms with Gasteiger partial charge in [0.15, 0.2) is 0 Å². The fourth-order valence-electron chi connectivity index (χ4n) is 1.82. The minimum atomic E-state index is -0.191. The minimum absolute atomic E-state index is 0.191. The largest absolute Gasteiger partial charge is 0.444 e. The lowest BCUT2D eigenvalue weighted by Crippen LogP contribution is -2.23. The van der Waals surface area contributed by atoms with Crippen LogP contribution < -0.4 is 11.1 Å². The van der Waals surface area contributed by atoms with E-state index in [4.69, 9.17) is 10.2 Å². The first-order chi connectivity index (χ1) is 8.95. The lowest BCUT2D eigenvalue weighted by atomic mass is 10.1. The number of hydrogen-bond donors (Lipinski definition) is 2. The van der Waals surface area contributed by atoms with Crippen LogP contribution in [0.5, 0.6) is 0 Å². The number of nitrogens with zero attached hydrogens (tertiary/aromatic N) is 1. The van der Waals surface area contributed by atoms with Crippen molar-refractivity contribution < 1.29 is 9.21 Å². The Morgan fingerprint density at radius 2 is 2.05 bits per heavy atom. The second-order valence-corrected chi connectivity index (χ2v) is 4.56. The maximum atomic E-state index is 12.0. The van der Waals surface area contributed by atoms with Gasteiger partial charge in [-0.3, -0.25) is 4.79 Å². The maximum absolute atomic E-state index is 12.0. The number of nitrogens with one attached hydrogen (secondary N) is 1. The van der Waals surface area contributed by atoms with Crippen molar-refractivity contribution in [2.24, 2.45) is 0 Å². The summed E-state index contributed by atoms with van der Waals surface area (Å²) in [6.07, 6.45) is 0. The number of nitrogen functional groups attached to an aromatic ring is 1. The van der Waals surface area contributed by atoms with E-state index in [0.29, 0.717) is 17.1 Å². The predicted molar refractivity (Wildman–Crippen MR) is 72.7 cm³/mol. The molecule has 0 aliphatic heterocycles. The molecule has 0 radical (unpaired) electrons.